The average Bonchev–Trinajstić information content (AvgIpc) is 3.21. The van der Waals surface area contributed by atoms with E-state index in [0.717, 1.165) is 58.4 Å². The second-order valence-electron chi connectivity index (χ2n) is 6.91. The number of hydrogen-bond acceptors (Lipinski definition) is 8. The second-order valence-corrected chi connectivity index (χ2v) is 8.03. The number of rotatable bonds is 8. The van der Waals surface area contributed by atoms with Gasteiger partial charge in [0, 0.05) is 30.1 Å². The lowest BCUT2D eigenvalue weighted by molar-refractivity contribution is 0.122. The molecule has 1 N–H and O–H groups in total. The van der Waals surface area contributed by atoms with E-state index < -0.39 is 0 Å². The highest BCUT2D eigenvalue weighted by molar-refractivity contribution is 7.18. The summed E-state index contributed by atoms with van der Waals surface area (Å²) in [5.41, 5.74) is 1.87. The topological polar surface area (TPSA) is 68.7 Å². The molecule has 0 aliphatic carbocycles. The number of nitrogens with one attached hydrogen (secondary N) is 1. The maximum absolute atomic E-state index is 6.00. The summed E-state index contributed by atoms with van der Waals surface area (Å²) in [6.07, 6.45) is 2.58. The van der Waals surface area contributed by atoms with E-state index in [4.69, 9.17) is 14.2 Å². The van der Waals surface area contributed by atoms with Crippen LogP contribution in [0.4, 0.5) is 17.2 Å². The summed E-state index contributed by atoms with van der Waals surface area (Å²) >= 11 is 1.70. The molecule has 3 aromatic rings. The molecule has 0 bridgehead atoms. The molecule has 0 unspecified atom stereocenters. The Kier molecular flexibility index (Phi) is 6.54. The molecule has 0 saturated carbocycles. The molecule has 1 aliphatic rings. The van der Waals surface area contributed by atoms with Crippen LogP contribution in [-0.4, -0.2) is 49.5 Å². The maximum atomic E-state index is 6.00. The summed E-state index contributed by atoms with van der Waals surface area (Å²) < 4.78 is 17.5. The van der Waals surface area contributed by atoms with Crippen LogP contribution in [0.3, 0.4) is 0 Å². The Bertz CT molecular complexity index is 1000. The molecule has 3 heterocycles. The fraction of sp³-hybridized carbons (Fsp3) is 0.455. The lowest BCUT2D eigenvalue weighted by Crippen LogP contribution is -2.36. The highest BCUT2D eigenvalue weighted by Gasteiger charge is 2.20. The van der Waals surface area contributed by atoms with E-state index in [1.165, 1.54) is 4.88 Å². The Balaban J connectivity index is 1.75. The molecule has 160 valence electrons. The van der Waals surface area contributed by atoms with Crippen molar-refractivity contribution in [2.75, 3.05) is 49.7 Å². The number of thiophene rings is 1. The van der Waals surface area contributed by atoms with Gasteiger partial charge < -0.3 is 24.4 Å². The third kappa shape index (κ3) is 4.29. The fourth-order valence-corrected chi connectivity index (χ4v) is 4.49. The van der Waals surface area contributed by atoms with Crippen LogP contribution >= 0.6 is 11.3 Å². The van der Waals surface area contributed by atoms with Crippen LogP contribution < -0.4 is 19.7 Å². The van der Waals surface area contributed by atoms with Crippen LogP contribution in [0, 0.1) is 0 Å². The quantitative estimate of drug-likeness (QED) is 0.561. The monoisotopic (exact) mass is 428 g/mol. The number of benzene rings is 1. The molecule has 1 saturated heterocycles. The largest absolute Gasteiger partial charge is 0.492 e. The molecule has 8 heteroatoms. The van der Waals surface area contributed by atoms with Gasteiger partial charge in [0.2, 0.25) is 0 Å². The van der Waals surface area contributed by atoms with E-state index in [2.05, 4.69) is 39.2 Å². The Labute approximate surface area is 181 Å². The number of aromatic nitrogens is 2. The average molecular weight is 429 g/mol. The van der Waals surface area contributed by atoms with E-state index in [1.54, 1.807) is 17.7 Å². The molecular formula is C22H28N4O3S. The molecule has 7 nitrogen and oxygen atoms in total. The van der Waals surface area contributed by atoms with Gasteiger partial charge in [0.05, 0.1) is 43.2 Å². The molecule has 0 atom stereocenters. The summed E-state index contributed by atoms with van der Waals surface area (Å²) in [4.78, 5) is 13.5. The number of hydrogen-bond donors (Lipinski definition) is 1. The molecule has 1 fully saturated rings. The Morgan fingerprint density at radius 1 is 1.03 bits per heavy atom. The predicted molar refractivity (Wildman–Crippen MR) is 122 cm³/mol. The van der Waals surface area contributed by atoms with Gasteiger partial charge in [-0.2, -0.15) is 0 Å². The molecule has 0 radical (unpaired) electrons. The minimum atomic E-state index is 0.572. The van der Waals surface area contributed by atoms with E-state index in [1.807, 2.05) is 19.9 Å². The number of nitrogens with zero attached hydrogens (tertiary/aromatic N) is 3. The molecule has 0 amide bonds. The minimum Gasteiger partial charge on any atom is -0.492 e. The first-order valence-electron chi connectivity index (χ1n) is 10.5. The molecule has 1 aromatic carbocycles. The van der Waals surface area contributed by atoms with Crippen molar-refractivity contribution in [1.82, 2.24) is 9.97 Å². The lowest BCUT2D eigenvalue weighted by atomic mass is 10.2. The van der Waals surface area contributed by atoms with Crippen molar-refractivity contribution in [3.63, 3.8) is 0 Å². The molecular weight excluding hydrogens is 400 g/mol. The van der Waals surface area contributed by atoms with Crippen LogP contribution in [0.1, 0.15) is 25.6 Å². The van der Waals surface area contributed by atoms with Crippen molar-refractivity contribution in [2.45, 2.75) is 27.2 Å². The minimum absolute atomic E-state index is 0.572. The zero-order chi connectivity index (χ0) is 20.9. The van der Waals surface area contributed by atoms with Crippen LogP contribution in [0.15, 0.2) is 24.5 Å². The van der Waals surface area contributed by atoms with E-state index in [0.29, 0.717) is 26.4 Å². The van der Waals surface area contributed by atoms with Crippen molar-refractivity contribution < 1.29 is 14.2 Å². The standard InChI is InChI=1S/C22H28N4O3S/c1-4-15-11-16-21(23-14-24-22(16)30-15)25-17-12-20(29-6-3)18(13-19(17)28-5-2)26-7-9-27-10-8-26/h11-14H,4-10H2,1-3H3,(H,23,24,25). The number of anilines is 3. The van der Waals surface area contributed by atoms with Gasteiger partial charge in [-0.15, -0.1) is 11.3 Å². The normalized spacial score (nSPS) is 14.2. The van der Waals surface area contributed by atoms with Crippen LogP contribution in [-0.2, 0) is 11.2 Å². The van der Waals surface area contributed by atoms with E-state index in [9.17, 15) is 0 Å². The Morgan fingerprint density at radius 3 is 2.53 bits per heavy atom. The summed E-state index contributed by atoms with van der Waals surface area (Å²) in [5.74, 6) is 2.38. The van der Waals surface area contributed by atoms with Gasteiger partial charge in [0.15, 0.2) is 0 Å². The van der Waals surface area contributed by atoms with Crippen LogP contribution in [0.2, 0.25) is 0 Å². The first-order valence-corrected chi connectivity index (χ1v) is 11.3. The number of morpholine rings is 1. The summed E-state index contributed by atoms with van der Waals surface area (Å²) in [6, 6.07) is 6.24. The maximum Gasteiger partial charge on any atom is 0.145 e. The van der Waals surface area contributed by atoms with Crippen molar-refractivity contribution in [3.8, 4) is 11.5 Å². The van der Waals surface area contributed by atoms with E-state index in [-0.39, 0.29) is 0 Å². The van der Waals surface area contributed by atoms with Gasteiger partial charge >= 0.3 is 0 Å². The molecule has 2 aromatic heterocycles. The Morgan fingerprint density at radius 2 is 1.80 bits per heavy atom. The molecule has 0 spiro atoms. The lowest BCUT2D eigenvalue weighted by Gasteiger charge is -2.31. The van der Waals surface area contributed by atoms with E-state index >= 15 is 0 Å². The highest BCUT2D eigenvalue weighted by Crippen LogP contribution is 2.41. The van der Waals surface area contributed by atoms with Gasteiger partial charge in [0.25, 0.3) is 0 Å². The van der Waals surface area contributed by atoms with Gasteiger partial charge in [-0.05, 0) is 26.3 Å². The first kappa shape index (κ1) is 20.7. The van der Waals surface area contributed by atoms with Gasteiger partial charge in [-0.1, -0.05) is 6.92 Å². The van der Waals surface area contributed by atoms with Crippen molar-refractivity contribution >= 4 is 38.7 Å². The predicted octanol–water partition coefficient (Wildman–Crippen LogP) is 4.63. The second kappa shape index (κ2) is 9.49. The molecule has 4 rings (SSSR count). The zero-order valence-electron chi connectivity index (χ0n) is 17.7. The van der Waals surface area contributed by atoms with Crippen molar-refractivity contribution in [2.24, 2.45) is 0 Å². The Hall–Kier alpha value is -2.58. The fourth-order valence-electron chi connectivity index (χ4n) is 3.55. The highest BCUT2D eigenvalue weighted by atomic mass is 32.1. The first-order chi connectivity index (χ1) is 14.7. The summed E-state index contributed by atoms with van der Waals surface area (Å²) in [7, 11) is 0. The third-order valence-corrected chi connectivity index (χ3v) is 6.18. The van der Waals surface area contributed by atoms with Gasteiger partial charge in [-0.3, -0.25) is 0 Å². The SMILES string of the molecule is CCOc1cc(N2CCOCC2)c(OCC)cc1Nc1ncnc2sc(CC)cc12. The zero-order valence-corrected chi connectivity index (χ0v) is 18.6. The van der Waals surface area contributed by atoms with Gasteiger partial charge in [-0.25, -0.2) is 9.97 Å². The number of ether oxygens (including phenoxy) is 3. The number of aryl methyl sites for hydroxylation is 1. The van der Waals surface area contributed by atoms with Crippen LogP contribution in [0.25, 0.3) is 10.2 Å². The summed E-state index contributed by atoms with van der Waals surface area (Å²) in [6.45, 7) is 10.4. The van der Waals surface area contributed by atoms with Crippen molar-refractivity contribution in [3.05, 3.63) is 29.4 Å². The van der Waals surface area contributed by atoms with Crippen LogP contribution in [0.5, 0.6) is 11.5 Å². The smallest absolute Gasteiger partial charge is 0.145 e. The van der Waals surface area contributed by atoms with Crippen molar-refractivity contribution in [1.29, 1.82) is 0 Å². The molecule has 1 aliphatic heterocycles. The third-order valence-electron chi connectivity index (χ3n) is 4.99. The molecule has 30 heavy (non-hydrogen) atoms. The van der Waals surface area contributed by atoms with Gasteiger partial charge in [0.1, 0.15) is 28.5 Å². The number of fused-ring (bicyclic) bond motifs is 1. The summed E-state index contributed by atoms with van der Waals surface area (Å²) in [5, 5.41) is 4.50.